The van der Waals surface area contributed by atoms with Crippen LogP contribution in [0.15, 0.2) is 23.2 Å². The molecule has 0 fully saturated rings. The predicted molar refractivity (Wildman–Crippen MR) is 50.0 cm³/mol. The second-order valence-corrected chi connectivity index (χ2v) is 3.28. The average Bonchev–Trinajstić information content (AvgIpc) is 2.87. The van der Waals surface area contributed by atoms with Crippen molar-refractivity contribution < 1.29 is 14.6 Å². The number of ether oxygens (including phenoxy) is 2. The van der Waals surface area contributed by atoms with E-state index in [4.69, 9.17) is 14.6 Å². The first-order valence-corrected chi connectivity index (χ1v) is 4.47. The number of benzene rings is 1. The fourth-order valence-electron chi connectivity index (χ4n) is 1.58. The molecule has 2 aliphatic heterocycles. The number of aliphatic imine (C=N–C) groups is 1. The Morgan fingerprint density at radius 2 is 2.21 bits per heavy atom. The van der Waals surface area contributed by atoms with E-state index in [0.29, 0.717) is 0 Å². The highest BCUT2D eigenvalue weighted by atomic mass is 16.7. The molecular weight excluding hydrogens is 182 g/mol. The Kier molecular flexibility index (Phi) is 1.52. The van der Waals surface area contributed by atoms with Crippen molar-refractivity contribution in [1.82, 2.24) is 0 Å². The smallest absolute Gasteiger partial charge is 0.231 e. The summed E-state index contributed by atoms with van der Waals surface area (Å²) in [6.45, 7) is 0.373. The Hall–Kier alpha value is -1.55. The van der Waals surface area contributed by atoms with Gasteiger partial charge in [0, 0.05) is 5.56 Å². The van der Waals surface area contributed by atoms with Crippen molar-refractivity contribution in [2.24, 2.45) is 4.99 Å². The van der Waals surface area contributed by atoms with Crippen LogP contribution in [0.1, 0.15) is 5.56 Å². The molecule has 4 nitrogen and oxygen atoms in total. The standard InChI is InChI=1S/C10H9NO3/c12-4-7-10(11-7)6-1-2-8-9(3-6)14-5-13-8/h1-3,7,12H,4-5H2. The normalized spacial score (nSPS) is 22.1. The summed E-state index contributed by atoms with van der Waals surface area (Å²) in [5, 5.41) is 8.86. The first kappa shape index (κ1) is 7.82. The molecule has 2 aliphatic rings. The van der Waals surface area contributed by atoms with Crippen molar-refractivity contribution in [3.8, 4) is 11.5 Å². The van der Waals surface area contributed by atoms with E-state index in [1.165, 1.54) is 0 Å². The highest BCUT2D eigenvalue weighted by Crippen LogP contribution is 2.34. The lowest BCUT2D eigenvalue weighted by atomic mass is 10.1. The van der Waals surface area contributed by atoms with Gasteiger partial charge in [-0.15, -0.1) is 0 Å². The minimum Gasteiger partial charge on any atom is -0.454 e. The highest BCUT2D eigenvalue weighted by molar-refractivity contribution is 6.13. The predicted octanol–water partition coefficient (Wildman–Crippen LogP) is 0.579. The van der Waals surface area contributed by atoms with Gasteiger partial charge in [0.1, 0.15) is 6.04 Å². The Labute approximate surface area is 80.8 Å². The molecule has 14 heavy (non-hydrogen) atoms. The van der Waals surface area contributed by atoms with E-state index >= 15 is 0 Å². The van der Waals surface area contributed by atoms with Crippen molar-refractivity contribution >= 4 is 5.71 Å². The number of aliphatic hydroxyl groups is 1. The second kappa shape index (κ2) is 2.72. The molecule has 4 heteroatoms. The summed E-state index contributed by atoms with van der Waals surface area (Å²) < 4.78 is 10.4. The molecule has 1 unspecified atom stereocenters. The molecule has 0 saturated heterocycles. The first-order valence-electron chi connectivity index (χ1n) is 4.47. The van der Waals surface area contributed by atoms with Gasteiger partial charge in [-0.1, -0.05) is 0 Å². The lowest BCUT2D eigenvalue weighted by Gasteiger charge is -1.97. The molecule has 1 atom stereocenters. The molecule has 0 aromatic heterocycles. The summed E-state index contributed by atoms with van der Waals surface area (Å²) >= 11 is 0. The van der Waals surface area contributed by atoms with Crippen LogP contribution in [0.5, 0.6) is 11.5 Å². The molecule has 0 radical (unpaired) electrons. The van der Waals surface area contributed by atoms with Crippen molar-refractivity contribution in [1.29, 1.82) is 0 Å². The van der Waals surface area contributed by atoms with Gasteiger partial charge in [-0.05, 0) is 18.2 Å². The Bertz CT molecular complexity index is 414. The fraction of sp³-hybridized carbons (Fsp3) is 0.300. The van der Waals surface area contributed by atoms with Crippen LogP contribution < -0.4 is 9.47 Å². The van der Waals surface area contributed by atoms with E-state index < -0.39 is 0 Å². The average molecular weight is 191 g/mol. The molecule has 0 bridgehead atoms. The maximum atomic E-state index is 8.86. The van der Waals surface area contributed by atoms with E-state index in [-0.39, 0.29) is 19.4 Å². The SMILES string of the molecule is OCC1N=C1c1ccc2c(c1)OCO2. The minimum atomic E-state index is -0.00429. The maximum Gasteiger partial charge on any atom is 0.231 e. The zero-order valence-electron chi connectivity index (χ0n) is 7.43. The molecule has 1 aromatic rings. The third-order valence-corrected chi connectivity index (χ3v) is 2.38. The van der Waals surface area contributed by atoms with Crippen molar-refractivity contribution in [2.75, 3.05) is 13.4 Å². The van der Waals surface area contributed by atoms with E-state index in [2.05, 4.69) is 4.99 Å². The van der Waals surface area contributed by atoms with Crippen molar-refractivity contribution in [3.63, 3.8) is 0 Å². The highest BCUT2D eigenvalue weighted by Gasteiger charge is 2.29. The maximum absolute atomic E-state index is 8.86. The van der Waals surface area contributed by atoms with Crippen LogP contribution in [0.25, 0.3) is 0 Å². The van der Waals surface area contributed by atoms with Gasteiger partial charge in [0.2, 0.25) is 6.79 Å². The Morgan fingerprint density at radius 1 is 1.36 bits per heavy atom. The summed E-state index contributed by atoms with van der Waals surface area (Å²) in [5.41, 5.74) is 1.96. The minimum absolute atomic E-state index is 0.00429. The third-order valence-electron chi connectivity index (χ3n) is 2.38. The van der Waals surface area contributed by atoms with Gasteiger partial charge >= 0.3 is 0 Å². The van der Waals surface area contributed by atoms with E-state index in [1.807, 2.05) is 18.2 Å². The van der Waals surface area contributed by atoms with Gasteiger partial charge < -0.3 is 14.6 Å². The summed E-state index contributed by atoms with van der Waals surface area (Å²) in [6, 6.07) is 5.70. The van der Waals surface area contributed by atoms with Crippen molar-refractivity contribution in [3.05, 3.63) is 23.8 Å². The molecule has 0 amide bonds. The summed E-state index contributed by atoms with van der Waals surface area (Å²) in [5.74, 6) is 1.53. The molecule has 3 rings (SSSR count). The van der Waals surface area contributed by atoms with Crippen LogP contribution in [0.2, 0.25) is 0 Å². The van der Waals surface area contributed by atoms with E-state index in [1.54, 1.807) is 0 Å². The molecule has 2 heterocycles. The Balaban J connectivity index is 1.91. The van der Waals surface area contributed by atoms with Gasteiger partial charge in [0.25, 0.3) is 0 Å². The van der Waals surface area contributed by atoms with Gasteiger partial charge in [-0.3, -0.25) is 4.99 Å². The van der Waals surface area contributed by atoms with Crippen molar-refractivity contribution in [2.45, 2.75) is 6.04 Å². The van der Waals surface area contributed by atoms with Crippen LogP contribution in [-0.2, 0) is 0 Å². The Morgan fingerprint density at radius 3 is 3.00 bits per heavy atom. The molecule has 72 valence electrons. The molecule has 0 saturated carbocycles. The van der Waals surface area contributed by atoms with Gasteiger partial charge in [0.15, 0.2) is 11.5 Å². The van der Waals surface area contributed by atoms with Crippen LogP contribution in [-0.4, -0.2) is 30.3 Å². The van der Waals surface area contributed by atoms with Crippen LogP contribution >= 0.6 is 0 Å². The number of hydrogen-bond donors (Lipinski definition) is 1. The van der Waals surface area contributed by atoms with E-state index in [0.717, 1.165) is 22.8 Å². The van der Waals surface area contributed by atoms with E-state index in [9.17, 15) is 0 Å². The lowest BCUT2D eigenvalue weighted by Crippen LogP contribution is -2.03. The number of fused-ring (bicyclic) bond motifs is 1. The van der Waals surface area contributed by atoms with Gasteiger partial charge in [-0.25, -0.2) is 0 Å². The fourth-order valence-corrected chi connectivity index (χ4v) is 1.58. The molecule has 1 N–H and O–H groups in total. The zero-order chi connectivity index (χ0) is 9.54. The number of nitrogens with zero attached hydrogens (tertiary/aromatic N) is 1. The van der Waals surface area contributed by atoms with Crippen LogP contribution in [0.3, 0.4) is 0 Å². The topological polar surface area (TPSA) is 51.1 Å². The molecule has 0 aliphatic carbocycles. The molecule has 0 spiro atoms. The summed E-state index contributed by atoms with van der Waals surface area (Å²) in [6.07, 6.45) is 0. The summed E-state index contributed by atoms with van der Waals surface area (Å²) in [7, 11) is 0. The number of rotatable bonds is 2. The summed E-state index contributed by atoms with van der Waals surface area (Å²) in [4.78, 5) is 4.14. The lowest BCUT2D eigenvalue weighted by molar-refractivity contribution is 0.174. The number of aliphatic hydroxyl groups excluding tert-OH is 1. The van der Waals surface area contributed by atoms with Gasteiger partial charge in [-0.2, -0.15) is 0 Å². The first-order chi connectivity index (χ1) is 6.88. The van der Waals surface area contributed by atoms with Gasteiger partial charge in [0.05, 0.1) is 12.3 Å². The molecule has 1 aromatic carbocycles. The van der Waals surface area contributed by atoms with Crippen LogP contribution in [0.4, 0.5) is 0 Å². The second-order valence-electron chi connectivity index (χ2n) is 3.28. The number of hydrogen-bond acceptors (Lipinski definition) is 4. The zero-order valence-corrected chi connectivity index (χ0v) is 7.43. The quantitative estimate of drug-likeness (QED) is 0.743. The van der Waals surface area contributed by atoms with Crippen LogP contribution in [0, 0.1) is 0 Å². The third kappa shape index (κ3) is 1.08. The monoisotopic (exact) mass is 191 g/mol. The largest absolute Gasteiger partial charge is 0.454 e. The molecular formula is C10H9NO3.